The van der Waals surface area contributed by atoms with Crippen molar-refractivity contribution in [3.63, 3.8) is 0 Å². The lowest BCUT2D eigenvalue weighted by atomic mass is 9.92. The van der Waals surface area contributed by atoms with E-state index in [0.29, 0.717) is 5.92 Å². The lowest BCUT2D eigenvalue weighted by molar-refractivity contribution is -0.125. The van der Waals surface area contributed by atoms with Crippen molar-refractivity contribution in [2.75, 3.05) is 0 Å². The molecule has 0 aliphatic heterocycles. The molecule has 2 unspecified atom stereocenters. The second-order valence-electron chi connectivity index (χ2n) is 7.40. The van der Waals surface area contributed by atoms with E-state index >= 15 is 0 Å². The molecule has 2 atom stereocenters. The zero-order valence-electron chi connectivity index (χ0n) is 15.5. The van der Waals surface area contributed by atoms with E-state index in [2.05, 4.69) is 34.7 Å². The summed E-state index contributed by atoms with van der Waals surface area (Å²) < 4.78 is 1.83. The lowest BCUT2D eigenvalue weighted by Gasteiger charge is -2.27. The van der Waals surface area contributed by atoms with Crippen molar-refractivity contribution in [2.45, 2.75) is 65.0 Å². The van der Waals surface area contributed by atoms with E-state index in [9.17, 15) is 4.79 Å². The van der Waals surface area contributed by atoms with Crippen LogP contribution in [0.1, 0.15) is 55.6 Å². The highest BCUT2D eigenvalue weighted by Crippen LogP contribution is 2.29. The number of benzene rings is 1. The van der Waals surface area contributed by atoms with Gasteiger partial charge in [0.2, 0.25) is 5.91 Å². The molecule has 1 aliphatic carbocycles. The van der Waals surface area contributed by atoms with E-state index in [-0.39, 0.29) is 18.0 Å². The van der Waals surface area contributed by atoms with Gasteiger partial charge < -0.3 is 5.32 Å². The van der Waals surface area contributed by atoms with Gasteiger partial charge in [0.1, 0.15) is 6.04 Å². The van der Waals surface area contributed by atoms with Gasteiger partial charge in [0.15, 0.2) is 0 Å². The first-order chi connectivity index (χ1) is 12.0. The molecule has 134 valence electrons. The predicted molar refractivity (Wildman–Crippen MR) is 100 cm³/mol. The quantitative estimate of drug-likeness (QED) is 0.865. The highest BCUT2D eigenvalue weighted by Gasteiger charge is 2.28. The molecule has 1 saturated carbocycles. The largest absolute Gasteiger partial charge is 0.351 e. The minimum absolute atomic E-state index is 0.0685. The Morgan fingerprint density at radius 2 is 1.92 bits per heavy atom. The van der Waals surface area contributed by atoms with Crippen LogP contribution in [0.15, 0.2) is 36.4 Å². The van der Waals surface area contributed by atoms with E-state index in [0.717, 1.165) is 17.8 Å². The van der Waals surface area contributed by atoms with Gasteiger partial charge in [-0.1, -0.05) is 43.2 Å². The zero-order chi connectivity index (χ0) is 17.8. The molecular formula is C21H29N3O. The minimum atomic E-state index is -0.284. The number of rotatable bonds is 6. The molecule has 1 heterocycles. The highest BCUT2D eigenvalue weighted by atomic mass is 16.2. The normalized spacial score (nSPS) is 17.4. The molecule has 0 bridgehead atoms. The van der Waals surface area contributed by atoms with Crippen LogP contribution in [0.2, 0.25) is 0 Å². The topological polar surface area (TPSA) is 46.9 Å². The van der Waals surface area contributed by atoms with Crippen molar-refractivity contribution in [3.8, 4) is 0 Å². The smallest absolute Gasteiger partial charge is 0.244 e. The Hall–Kier alpha value is -2.10. The molecule has 3 rings (SSSR count). The molecule has 1 aromatic heterocycles. The van der Waals surface area contributed by atoms with Gasteiger partial charge in [-0.05, 0) is 57.6 Å². The summed E-state index contributed by atoms with van der Waals surface area (Å²) in [6, 6.07) is 12.4. The van der Waals surface area contributed by atoms with Crippen LogP contribution in [-0.2, 0) is 11.2 Å². The number of aryl methyl sites for hydroxylation is 2. The molecular weight excluding hydrogens is 310 g/mol. The van der Waals surface area contributed by atoms with Crippen LogP contribution in [0.5, 0.6) is 0 Å². The van der Waals surface area contributed by atoms with Crippen LogP contribution in [0.25, 0.3) is 0 Å². The summed E-state index contributed by atoms with van der Waals surface area (Å²) >= 11 is 0. The van der Waals surface area contributed by atoms with E-state index in [1.807, 2.05) is 37.6 Å². The first kappa shape index (κ1) is 17.7. The fourth-order valence-corrected chi connectivity index (χ4v) is 4.02. The minimum Gasteiger partial charge on any atom is -0.351 e. The van der Waals surface area contributed by atoms with Gasteiger partial charge in [0.25, 0.3) is 0 Å². The number of carbonyl (C=O) groups excluding carboxylic acids is 1. The lowest BCUT2D eigenvalue weighted by Crippen LogP contribution is -2.44. The molecule has 2 aromatic rings. The van der Waals surface area contributed by atoms with E-state index in [1.165, 1.54) is 31.2 Å². The first-order valence-electron chi connectivity index (χ1n) is 9.41. The van der Waals surface area contributed by atoms with Gasteiger partial charge in [-0.2, -0.15) is 5.10 Å². The van der Waals surface area contributed by atoms with Crippen molar-refractivity contribution in [2.24, 2.45) is 5.92 Å². The van der Waals surface area contributed by atoms with Crippen LogP contribution >= 0.6 is 0 Å². The average molecular weight is 339 g/mol. The Kier molecular flexibility index (Phi) is 5.57. The second kappa shape index (κ2) is 7.85. The van der Waals surface area contributed by atoms with Gasteiger partial charge >= 0.3 is 0 Å². The van der Waals surface area contributed by atoms with Crippen LogP contribution in [0.4, 0.5) is 0 Å². The van der Waals surface area contributed by atoms with E-state index < -0.39 is 0 Å². The fourth-order valence-electron chi connectivity index (χ4n) is 4.02. The third-order valence-electron chi connectivity index (χ3n) is 5.39. The Morgan fingerprint density at radius 3 is 2.52 bits per heavy atom. The Morgan fingerprint density at radius 1 is 1.24 bits per heavy atom. The van der Waals surface area contributed by atoms with Gasteiger partial charge in [0.05, 0.1) is 5.69 Å². The van der Waals surface area contributed by atoms with Crippen molar-refractivity contribution >= 4 is 5.91 Å². The molecule has 1 aromatic carbocycles. The highest BCUT2D eigenvalue weighted by molar-refractivity contribution is 5.80. The molecule has 4 heteroatoms. The molecule has 0 radical (unpaired) electrons. The van der Waals surface area contributed by atoms with E-state index in [4.69, 9.17) is 0 Å². The summed E-state index contributed by atoms with van der Waals surface area (Å²) in [5.41, 5.74) is 3.27. The molecule has 1 N–H and O–H groups in total. The molecule has 4 nitrogen and oxygen atoms in total. The Balaban J connectivity index is 1.72. The predicted octanol–water partition coefficient (Wildman–Crippen LogP) is 3.98. The summed E-state index contributed by atoms with van der Waals surface area (Å²) in [6.07, 6.45) is 5.89. The summed E-state index contributed by atoms with van der Waals surface area (Å²) in [7, 11) is 0. The van der Waals surface area contributed by atoms with Gasteiger partial charge in [-0.25, -0.2) is 0 Å². The van der Waals surface area contributed by atoms with Gasteiger partial charge in [-0.3, -0.25) is 9.48 Å². The van der Waals surface area contributed by atoms with Crippen molar-refractivity contribution in [1.82, 2.24) is 15.1 Å². The number of hydrogen-bond acceptors (Lipinski definition) is 2. The number of carbonyl (C=O) groups is 1. The number of nitrogens with zero attached hydrogens (tertiary/aromatic N) is 2. The van der Waals surface area contributed by atoms with Crippen LogP contribution in [-0.4, -0.2) is 21.7 Å². The number of amides is 1. The standard InChI is InChI=1S/C21H29N3O/c1-15-13-16(2)24(23-15)17(3)21(25)22-20(19-11-7-8-12-19)14-18-9-5-4-6-10-18/h4-6,9-10,13,17,19-20H,7-8,11-12,14H2,1-3H3,(H,22,25). The monoisotopic (exact) mass is 339 g/mol. The SMILES string of the molecule is Cc1cc(C)n(C(C)C(=O)NC(Cc2ccccc2)C2CCCC2)n1. The summed E-state index contributed by atoms with van der Waals surface area (Å²) in [5, 5.41) is 7.82. The second-order valence-corrected chi connectivity index (χ2v) is 7.40. The van der Waals surface area contributed by atoms with E-state index in [1.54, 1.807) is 0 Å². The number of nitrogens with one attached hydrogen (secondary N) is 1. The first-order valence-corrected chi connectivity index (χ1v) is 9.41. The van der Waals surface area contributed by atoms with Gasteiger partial charge in [0, 0.05) is 11.7 Å². The number of hydrogen-bond donors (Lipinski definition) is 1. The molecule has 1 aliphatic rings. The molecule has 0 spiro atoms. The molecule has 25 heavy (non-hydrogen) atoms. The molecule has 0 saturated heterocycles. The maximum Gasteiger partial charge on any atom is 0.244 e. The molecule has 1 amide bonds. The summed E-state index contributed by atoms with van der Waals surface area (Å²) in [4.78, 5) is 12.9. The van der Waals surface area contributed by atoms with Crippen molar-refractivity contribution in [1.29, 1.82) is 0 Å². The van der Waals surface area contributed by atoms with Crippen molar-refractivity contribution < 1.29 is 4.79 Å². The third-order valence-corrected chi connectivity index (χ3v) is 5.39. The van der Waals surface area contributed by atoms with Crippen LogP contribution in [0.3, 0.4) is 0 Å². The fraction of sp³-hybridized carbons (Fsp3) is 0.524. The average Bonchev–Trinajstić information content (AvgIpc) is 3.24. The maximum atomic E-state index is 12.9. The van der Waals surface area contributed by atoms with Crippen LogP contribution < -0.4 is 5.32 Å². The molecule has 1 fully saturated rings. The van der Waals surface area contributed by atoms with Crippen molar-refractivity contribution in [3.05, 3.63) is 53.3 Å². The number of aromatic nitrogens is 2. The van der Waals surface area contributed by atoms with Gasteiger partial charge in [-0.15, -0.1) is 0 Å². The summed E-state index contributed by atoms with van der Waals surface area (Å²) in [6.45, 7) is 5.90. The Labute approximate surface area is 150 Å². The summed E-state index contributed by atoms with van der Waals surface area (Å²) in [5.74, 6) is 0.649. The third kappa shape index (κ3) is 4.30. The van der Waals surface area contributed by atoms with Crippen LogP contribution in [0, 0.1) is 19.8 Å². The maximum absolute atomic E-state index is 12.9. The Bertz CT molecular complexity index is 701. The zero-order valence-corrected chi connectivity index (χ0v) is 15.5.